The molecule has 1 aliphatic heterocycles. The number of benzene rings is 1. The monoisotopic (exact) mass is 407 g/mol. The van der Waals surface area contributed by atoms with Gasteiger partial charge in [0.05, 0.1) is 5.69 Å². The molecule has 7 nitrogen and oxygen atoms in total. The van der Waals surface area contributed by atoms with Crippen LogP contribution in [-0.4, -0.2) is 33.4 Å². The van der Waals surface area contributed by atoms with Gasteiger partial charge < -0.3 is 10.2 Å². The molecule has 3 aromatic rings. The van der Waals surface area contributed by atoms with Gasteiger partial charge >= 0.3 is 6.03 Å². The number of nitrogens with zero attached hydrogens (tertiary/aromatic N) is 3. The van der Waals surface area contributed by atoms with Crippen LogP contribution in [0.4, 0.5) is 9.93 Å². The molecule has 1 aromatic carbocycles. The Morgan fingerprint density at radius 2 is 2.03 bits per heavy atom. The van der Waals surface area contributed by atoms with Crippen molar-refractivity contribution in [2.45, 2.75) is 25.9 Å². The Hall–Kier alpha value is -3.26. The lowest BCUT2D eigenvalue weighted by Gasteiger charge is -2.18. The molecule has 0 aliphatic carbocycles. The number of anilines is 1. The first-order valence-electron chi connectivity index (χ1n) is 9.44. The number of likely N-dealkylation sites (tertiary alicyclic amines) is 1. The molecule has 0 bridgehead atoms. The van der Waals surface area contributed by atoms with E-state index in [0.29, 0.717) is 24.6 Å². The number of hydrogen-bond donors (Lipinski definition) is 2. The molecule has 3 heterocycles. The van der Waals surface area contributed by atoms with Crippen LogP contribution in [0.25, 0.3) is 11.3 Å². The fraction of sp³-hybridized carbons (Fsp3) is 0.238. The first-order chi connectivity index (χ1) is 14.2. The topological polar surface area (TPSA) is 87.2 Å². The average molecular weight is 407 g/mol. The molecular weight excluding hydrogens is 386 g/mol. The molecule has 1 fully saturated rings. The summed E-state index contributed by atoms with van der Waals surface area (Å²) < 4.78 is 0. The Morgan fingerprint density at radius 1 is 1.17 bits per heavy atom. The van der Waals surface area contributed by atoms with Gasteiger partial charge in [-0.3, -0.25) is 15.1 Å². The molecule has 0 radical (unpaired) electrons. The van der Waals surface area contributed by atoms with Gasteiger partial charge in [-0.25, -0.2) is 9.78 Å². The molecule has 3 amide bonds. The number of nitrogens with one attached hydrogen (secondary N) is 2. The molecule has 29 heavy (non-hydrogen) atoms. The zero-order chi connectivity index (χ0) is 20.1. The average Bonchev–Trinajstić information content (AvgIpc) is 3.37. The second-order valence-electron chi connectivity index (χ2n) is 6.77. The van der Waals surface area contributed by atoms with Crippen molar-refractivity contribution in [1.29, 1.82) is 0 Å². The van der Waals surface area contributed by atoms with E-state index in [9.17, 15) is 9.59 Å². The summed E-state index contributed by atoms with van der Waals surface area (Å²) in [6.45, 7) is 1.76. The highest BCUT2D eigenvalue weighted by atomic mass is 32.1. The minimum atomic E-state index is -0.316. The van der Waals surface area contributed by atoms with E-state index in [-0.39, 0.29) is 11.9 Å². The lowest BCUT2D eigenvalue weighted by atomic mass is 10.1. The maximum absolute atomic E-state index is 12.3. The summed E-state index contributed by atoms with van der Waals surface area (Å²) in [7, 11) is 0. The first-order valence-corrected chi connectivity index (χ1v) is 10.3. The lowest BCUT2D eigenvalue weighted by molar-refractivity contribution is -0.128. The van der Waals surface area contributed by atoms with Crippen molar-refractivity contribution in [3.63, 3.8) is 0 Å². The lowest BCUT2D eigenvalue weighted by Crippen LogP contribution is -2.29. The number of carbonyl (C=O) groups is 2. The maximum atomic E-state index is 12.3. The smallest absolute Gasteiger partial charge is 0.321 e. The summed E-state index contributed by atoms with van der Waals surface area (Å²) in [6, 6.07) is 11.3. The van der Waals surface area contributed by atoms with E-state index in [4.69, 9.17) is 0 Å². The molecule has 0 atom stereocenters. The van der Waals surface area contributed by atoms with Gasteiger partial charge in [0.2, 0.25) is 5.91 Å². The molecule has 0 saturated carbocycles. The number of rotatable bonds is 6. The summed E-state index contributed by atoms with van der Waals surface area (Å²) in [5.74, 6) is 0.193. The quantitative estimate of drug-likeness (QED) is 0.653. The number of thiazole rings is 1. The van der Waals surface area contributed by atoms with Gasteiger partial charge in [-0.05, 0) is 29.7 Å². The van der Waals surface area contributed by atoms with E-state index in [1.54, 1.807) is 12.4 Å². The predicted molar refractivity (Wildman–Crippen MR) is 112 cm³/mol. The zero-order valence-electron chi connectivity index (χ0n) is 15.8. The molecule has 8 heteroatoms. The van der Waals surface area contributed by atoms with Crippen LogP contribution in [0.3, 0.4) is 0 Å². The van der Waals surface area contributed by atoms with Gasteiger partial charge in [-0.2, -0.15) is 0 Å². The van der Waals surface area contributed by atoms with Crippen LogP contribution in [0.15, 0.2) is 54.2 Å². The molecule has 0 unspecified atom stereocenters. The fourth-order valence-corrected chi connectivity index (χ4v) is 3.97. The van der Waals surface area contributed by atoms with Crippen LogP contribution < -0.4 is 10.6 Å². The van der Waals surface area contributed by atoms with Crippen LogP contribution in [-0.2, 0) is 17.9 Å². The third-order valence-electron chi connectivity index (χ3n) is 4.77. The van der Waals surface area contributed by atoms with E-state index in [1.165, 1.54) is 11.3 Å². The molecule has 2 N–H and O–H groups in total. The minimum absolute atomic E-state index is 0.193. The van der Waals surface area contributed by atoms with E-state index in [0.717, 1.165) is 35.3 Å². The van der Waals surface area contributed by atoms with Crippen LogP contribution in [0.1, 0.15) is 24.0 Å². The van der Waals surface area contributed by atoms with Crippen LogP contribution in [0.2, 0.25) is 0 Å². The van der Waals surface area contributed by atoms with E-state index in [2.05, 4.69) is 20.6 Å². The summed E-state index contributed by atoms with van der Waals surface area (Å²) in [5.41, 5.74) is 3.73. The molecule has 148 valence electrons. The number of carbonyl (C=O) groups excluding carboxylic acids is 2. The maximum Gasteiger partial charge on any atom is 0.321 e. The minimum Gasteiger partial charge on any atom is -0.338 e. The molecule has 4 rings (SSSR count). The molecule has 1 aliphatic rings. The van der Waals surface area contributed by atoms with Gasteiger partial charge in [0.15, 0.2) is 5.13 Å². The third-order valence-corrected chi connectivity index (χ3v) is 5.53. The Kier molecular flexibility index (Phi) is 5.81. The number of urea groups is 1. The molecule has 1 saturated heterocycles. The summed E-state index contributed by atoms with van der Waals surface area (Å²) >= 11 is 1.36. The van der Waals surface area contributed by atoms with Gasteiger partial charge in [-0.15, -0.1) is 11.3 Å². The van der Waals surface area contributed by atoms with Crippen LogP contribution >= 0.6 is 11.3 Å². The van der Waals surface area contributed by atoms with Gasteiger partial charge in [-0.1, -0.05) is 24.3 Å². The molecule has 2 aromatic heterocycles. The van der Waals surface area contributed by atoms with Crippen LogP contribution in [0, 0.1) is 0 Å². The van der Waals surface area contributed by atoms with Crippen molar-refractivity contribution < 1.29 is 9.59 Å². The van der Waals surface area contributed by atoms with E-state index < -0.39 is 0 Å². The number of amides is 3. The Balaban J connectivity index is 1.34. The summed E-state index contributed by atoms with van der Waals surface area (Å²) in [5, 5.41) is 8.06. The second kappa shape index (κ2) is 8.83. The molecular formula is C21H21N5O2S. The molecule has 0 spiro atoms. The third kappa shape index (κ3) is 4.78. The largest absolute Gasteiger partial charge is 0.338 e. The SMILES string of the molecule is O=C(NCc1ccccc1CN1CCCC1=O)Nc1nc(-c2cccnc2)cs1. The fourth-order valence-electron chi connectivity index (χ4n) is 3.26. The Morgan fingerprint density at radius 3 is 2.79 bits per heavy atom. The Bertz CT molecular complexity index is 1010. The van der Waals surface area contributed by atoms with E-state index >= 15 is 0 Å². The highest BCUT2D eigenvalue weighted by Gasteiger charge is 2.21. The number of hydrogen-bond acceptors (Lipinski definition) is 5. The predicted octanol–water partition coefficient (Wildman–Crippen LogP) is 3.65. The summed E-state index contributed by atoms with van der Waals surface area (Å²) in [6.07, 6.45) is 4.98. The van der Waals surface area contributed by atoms with Crippen molar-refractivity contribution in [2.75, 3.05) is 11.9 Å². The van der Waals surface area contributed by atoms with Crippen molar-refractivity contribution in [2.24, 2.45) is 0 Å². The Labute approximate surface area is 172 Å². The van der Waals surface area contributed by atoms with Crippen molar-refractivity contribution >= 4 is 28.4 Å². The van der Waals surface area contributed by atoms with Gasteiger partial charge in [0, 0.05) is 49.4 Å². The highest BCUT2D eigenvalue weighted by molar-refractivity contribution is 7.14. The zero-order valence-corrected chi connectivity index (χ0v) is 16.6. The normalized spacial score (nSPS) is 13.5. The van der Waals surface area contributed by atoms with Crippen molar-refractivity contribution in [3.8, 4) is 11.3 Å². The number of pyridine rings is 1. The summed E-state index contributed by atoms with van der Waals surface area (Å²) in [4.78, 5) is 34.6. The highest BCUT2D eigenvalue weighted by Crippen LogP contribution is 2.24. The van der Waals surface area contributed by atoms with E-state index in [1.807, 2.05) is 46.7 Å². The second-order valence-corrected chi connectivity index (χ2v) is 7.63. The first kappa shape index (κ1) is 19.1. The standard InChI is InChI=1S/C21H21N5O2S/c27-19-8-4-10-26(19)13-17-6-2-1-5-15(17)12-23-20(28)25-21-24-18(14-29-21)16-7-3-9-22-11-16/h1-3,5-7,9,11,14H,4,8,10,12-13H2,(H2,23,24,25,28). The van der Waals surface area contributed by atoms with Crippen molar-refractivity contribution in [3.05, 3.63) is 65.3 Å². The van der Waals surface area contributed by atoms with Crippen molar-refractivity contribution in [1.82, 2.24) is 20.2 Å². The number of aromatic nitrogens is 2. The van der Waals surface area contributed by atoms with Gasteiger partial charge in [0.1, 0.15) is 0 Å². The van der Waals surface area contributed by atoms with Crippen LogP contribution in [0.5, 0.6) is 0 Å². The van der Waals surface area contributed by atoms with Gasteiger partial charge in [0.25, 0.3) is 0 Å².